The second-order valence-corrected chi connectivity index (χ2v) is 13.6. The van der Waals surface area contributed by atoms with Gasteiger partial charge in [-0.2, -0.15) is 0 Å². The van der Waals surface area contributed by atoms with Gasteiger partial charge in [0.05, 0.1) is 11.0 Å². The van der Waals surface area contributed by atoms with E-state index in [0.29, 0.717) is 29.6 Å². The summed E-state index contributed by atoms with van der Waals surface area (Å²) in [6, 6.07) is 26.1. The van der Waals surface area contributed by atoms with E-state index in [2.05, 4.69) is 75.9 Å². The zero-order valence-electron chi connectivity index (χ0n) is 26.0. The lowest BCUT2D eigenvalue weighted by molar-refractivity contribution is -0.144. The van der Waals surface area contributed by atoms with Gasteiger partial charge in [-0.3, -0.25) is 14.6 Å². The number of carbonyl (C=O) groups is 1. The molecule has 8 rings (SSSR count). The number of aromatic nitrogens is 2. The Bertz CT molecular complexity index is 1680. The number of hydrogen-bond acceptors (Lipinski definition) is 6. The Morgan fingerprint density at radius 2 is 1.64 bits per heavy atom. The van der Waals surface area contributed by atoms with Crippen molar-refractivity contribution >= 4 is 17.0 Å². The Labute approximate surface area is 264 Å². The van der Waals surface area contributed by atoms with Crippen molar-refractivity contribution in [2.45, 2.75) is 81.5 Å². The van der Waals surface area contributed by atoms with E-state index in [1.807, 2.05) is 18.2 Å². The number of imidazole rings is 1. The summed E-state index contributed by atoms with van der Waals surface area (Å²) < 4.78 is 13.5. The number of ether oxygens (including phenoxy) is 2. The highest BCUT2D eigenvalue weighted by molar-refractivity contribution is 5.76. The lowest BCUT2D eigenvalue weighted by Gasteiger charge is -2.46. The minimum absolute atomic E-state index is 0.0309. The van der Waals surface area contributed by atoms with Crippen LogP contribution in [0.5, 0.6) is 11.5 Å². The Morgan fingerprint density at radius 3 is 2.40 bits per heavy atom. The maximum atomic E-state index is 12.6. The number of carboxylic acids is 1. The van der Waals surface area contributed by atoms with Gasteiger partial charge in [-0.05, 0) is 99.2 Å². The molecule has 2 bridgehead atoms. The molecular formula is C37H42N4O4. The van der Waals surface area contributed by atoms with Crippen molar-refractivity contribution in [2.24, 2.45) is 0 Å². The van der Waals surface area contributed by atoms with Crippen LogP contribution in [0, 0.1) is 6.92 Å². The zero-order chi connectivity index (χ0) is 30.5. The molecule has 4 aliphatic rings. The van der Waals surface area contributed by atoms with E-state index in [1.54, 1.807) is 0 Å². The number of hydrogen-bond donors (Lipinski definition) is 1. The Morgan fingerprint density at radius 1 is 0.933 bits per heavy atom. The third-order valence-corrected chi connectivity index (χ3v) is 11.3. The quantitative estimate of drug-likeness (QED) is 0.246. The van der Waals surface area contributed by atoms with Gasteiger partial charge in [0.1, 0.15) is 11.9 Å². The molecule has 1 unspecified atom stereocenters. The van der Waals surface area contributed by atoms with E-state index < -0.39 is 12.0 Å². The summed E-state index contributed by atoms with van der Waals surface area (Å²) in [6.45, 7) is 4.90. The van der Waals surface area contributed by atoms with Crippen LogP contribution in [0.15, 0.2) is 72.8 Å². The molecule has 0 radical (unpaired) electrons. The van der Waals surface area contributed by atoms with Gasteiger partial charge in [0.15, 0.2) is 11.5 Å². The average Bonchev–Trinajstić information content (AvgIpc) is 3.73. The largest absolute Gasteiger partial charge is 0.480 e. The molecule has 0 saturated carbocycles. The maximum Gasteiger partial charge on any atom is 0.325 e. The fraction of sp³-hybridized carbons (Fsp3) is 0.459. The molecule has 3 saturated heterocycles. The van der Waals surface area contributed by atoms with E-state index >= 15 is 0 Å². The highest BCUT2D eigenvalue weighted by Gasteiger charge is 2.45. The van der Waals surface area contributed by atoms with Crippen LogP contribution in [-0.2, 0) is 10.2 Å². The summed E-state index contributed by atoms with van der Waals surface area (Å²) in [6.07, 6.45) is 7.88. The maximum absolute atomic E-state index is 12.6. The number of aliphatic carboxylic acids is 1. The number of rotatable bonds is 8. The summed E-state index contributed by atoms with van der Waals surface area (Å²) in [5, 5.41) is 10.4. The first kappa shape index (κ1) is 28.6. The second-order valence-electron chi connectivity index (χ2n) is 13.6. The van der Waals surface area contributed by atoms with Gasteiger partial charge < -0.3 is 19.1 Å². The molecule has 234 valence electrons. The number of aryl methyl sites for hydroxylation is 1. The van der Waals surface area contributed by atoms with Gasteiger partial charge in [-0.15, -0.1) is 0 Å². The van der Waals surface area contributed by atoms with Crippen molar-refractivity contribution < 1.29 is 19.4 Å². The highest BCUT2D eigenvalue weighted by atomic mass is 16.7. The Hall–Kier alpha value is -3.88. The molecule has 5 heterocycles. The molecule has 0 aliphatic carbocycles. The van der Waals surface area contributed by atoms with Crippen molar-refractivity contribution in [3.05, 3.63) is 89.7 Å². The summed E-state index contributed by atoms with van der Waals surface area (Å²) in [7, 11) is 0. The third kappa shape index (κ3) is 5.08. The average molecular weight is 607 g/mol. The number of benzene rings is 3. The standard InChI is InChI=1S/C37H42N4O4/c1-25-38-31-9-5-6-10-32(31)41(25)30-22-28-12-13-29(23-30)40(28)20-17-37(27-7-3-2-4-8-27)15-18-39(19-16-37)35(36(42)43)26-11-14-33-34(21-26)45-24-44-33/h2-11,14,21,28-30,35H,12-13,15-20,22-24H2,1H3,(H,42,43)/t28-,29+,30+,35?. The molecular weight excluding hydrogens is 564 g/mol. The lowest BCUT2D eigenvalue weighted by Crippen LogP contribution is -2.49. The third-order valence-electron chi connectivity index (χ3n) is 11.3. The van der Waals surface area contributed by atoms with Crippen LogP contribution >= 0.6 is 0 Å². The topological polar surface area (TPSA) is 80.1 Å². The Kier molecular flexibility index (Phi) is 7.29. The molecule has 8 nitrogen and oxygen atoms in total. The number of carboxylic acid groups (broad SMARTS) is 1. The van der Waals surface area contributed by atoms with Crippen molar-refractivity contribution in [1.29, 1.82) is 0 Å². The first-order chi connectivity index (χ1) is 22.0. The molecule has 8 heteroatoms. The number of nitrogens with zero attached hydrogens (tertiary/aromatic N) is 4. The number of piperidine rings is 2. The van der Waals surface area contributed by atoms with Crippen molar-refractivity contribution in [1.82, 2.24) is 19.4 Å². The predicted molar refractivity (Wildman–Crippen MR) is 173 cm³/mol. The van der Waals surface area contributed by atoms with E-state index in [9.17, 15) is 9.90 Å². The van der Waals surface area contributed by atoms with E-state index in [-0.39, 0.29) is 12.2 Å². The van der Waals surface area contributed by atoms with Crippen LogP contribution in [0.1, 0.15) is 74.0 Å². The lowest BCUT2D eigenvalue weighted by atomic mass is 9.70. The van der Waals surface area contributed by atoms with Crippen LogP contribution in [-0.4, -0.2) is 68.9 Å². The van der Waals surface area contributed by atoms with Gasteiger partial charge in [-0.25, -0.2) is 4.98 Å². The molecule has 4 aromatic rings. The normalized spacial score (nSPS) is 25.0. The molecule has 3 aromatic carbocycles. The highest BCUT2D eigenvalue weighted by Crippen LogP contribution is 2.46. The molecule has 0 amide bonds. The van der Waals surface area contributed by atoms with Crippen molar-refractivity contribution in [2.75, 3.05) is 26.4 Å². The fourth-order valence-corrected chi connectivity index (χ4v) is 9.07. The Balaban J connectivity index is 0.990. The van der Waals surface area contributed by atoms with E-state index in [0.717, 1.165) is 55.8 Å². The van der Waals surface area contributed by atoms with Gasteiger partial charge in [0.25, 0.3) is 0 Å². The van der Waals surface area contributed by atoms with Crippen LogP contribution in [0.3, 0.4) is 0 Å². The van der Waals surface area contributed by atoms with Crippen LogP contribution in [0.25, 0.3) is 11.0 Å². The number of para-hydroxylation sites is 2. The van der Waals surface area contributed by atoms with Gasteiger partial charge in [0, 0.05) is 31.2 Å². The molecule has 4 aliphatic heterocycles. The minimum Gasteiger partial charge on any atom is -0.480 e. The summed E-state index contributed by atoms with van der Waals surface area (Å²) in [5.41, 5.74) is 4.54. The van der Waals surface area contributed by atoms with Crippen molar-refractivity contribution in [3.63, 3.8) is 0 Å². The first-order valence-electron chi connectivity index (χ1n) is 16.6. The minimum atomic E-state index is -0.818. The summed E-state index contributed by atoms with van der Waals surface area (Å²) in [4.78, 5) is 22.5. The summed E-state index contributed by atoms with van der Waals surface area (Å²) in [5.74, 6) is 1.62. The number of fused-ring (bicyclic) bond motifs is 4. The van der Waals surface area contributed by atoms with Gasteiger partial charge in [-0.1, -0.05) is 48.5 Å². The molecule has 4 atom stereocenters. The molecule has 1 N–H and O–H groups in total. The zero-order valence-corrected chi connectivity index (χ0v) is 26.0. The predicted octanol–water partition coefficient (Wildman–Crippen LogP) is 6.49. The van der Waals surface area contributed by atoms with Gasteiger partial charge in [0.2, 0.25) is 6.79 Å². The van der Waals surface area contributed by atoms with E-state index in [1.165, 1.54) is 36.8 Å². The fourth-order valence-electron chi connectivity index (χ4n) is 9.07. The summed E-state index contributed by atoms with van der Waals surface area (Å²) >= 11 is 0. The second kappa shape index (κ2) is 11.5. The molecule has 45 heavy (non-hydrogen) atoms. The van der Waals surface area contributed by atoms with Gasteiger partial charge >= 0.3 is 5.97 Å². The number of likely N-dealkylation sites (tertiary alicyclic amines) is 1. The first-order valence-corrected chi connectivity index (χ1v) is 16.6. The monoisotopic (exact) mass is 606 g/mol. The molecule has 1 aromatic heterocycles. The van der Waals surface area contributed by atoms with Crippen molar-refractivity contribution in [3.8, 4) is 11.5 Å². The smallest absolute Gasteiger partial charge is 0.325 e. The molecule has 0 spiro atoms. The van der Waals surface area contributed by atoms with Crippen LogP contribution < -0.4 is 9.47 Å². The van der Waals surface area contributed by atoms with E-state index in [4.69, 9.17) is 14.5 Å². The SMILES string of the molecule is Cc1nc2ccccc2n1[C@H]1C[C@H]2CC[C@@H](C1)N2CCC1(c2ccccc2)CCN(C(C(=O)O)c2ccc3c(c2)OCO3)CC1. The van der Waals surface area contributed by atoms with Crippen LogP contribution in [0.4, 0.5) is 0 Å². The molecule has 3 fully saturated rings. The van der Waals surface area contributed by atoms with Crippen LogP contribution in [0.2, 0.25) is 0 Å².